The van der Waals surface area contributed by atoms with Crippen LogP contribution in [0.3, 0.4) is 0 Å². The summed E-state index contributed by atoms with van der Waals surface area (Å²) in [4.78, 5) is 21.1. The highest BCUT2D eigenvalue weighted by atomic mass is 35.5. The molecular weight excluding hydrogens is 383 g/mol. The van der Waals surface area contributed by atoms with Crippen molar-refractivity contribution in [1.82, 2.24) is 9.97 Å². The van der Waals surface area contributed by atoms with Crippen LogP contribution in [0, 0.1) is 24.1 Å². The van der Waals surface area contributed by atoms with E-state index in [4.69, 9.17) is 10.00 Å². The molecule has 2 aromatic heterocycles. The quantitative estimate of drug-likeness (QED) is 0.625. The summed E-state index contributed by atoms with van der Waals surface area (Å²) in [6, 6.07) is 9.48. The zero-order valence-corrected chi connectivity index (χ0v) is 16.1. The number of hydrogen-bond donors (Lipinski definition) is 1. The van der Waals surface area contributed by atoms with Gasteiger partial charge < -0.3 is 10.1 Å². The van der Waals surface area contributed by atoms with Gasteiger partial charge in [0.05, 0.1) is 17.9 Å². The second-order valence-corrected chi connectivity index (χ2v) is 5.94. The lowest BCUT2D eigenvalue weighted by Crippen LogP contribution is -2.10. The molecule has 0 radical (unpaired) electrons. The number of halogens is 2. The molecule has 0 saturated heterocycles. The number of ether oxygens (including phenoxy) is 1. The van der Waals surface area contributed by atoms with E-state index in [-0.39, 0.29) is 30.1 Å². The molecule has 28 heavy (non-hydrogen) atoms. The van der Waals surface area contributed by atoms with Gasteiger partial charge >= 0.3 is 5.97 Å². The van der Waals surface area contributed by atoms with Gasteiger partial charge in [-0.3, -0.25) is 0 Å². The van der Waals surface area contributed by atoms with Crippen LogP contribution < -0.4 is 5.32 Å². The van der Waals surface area contributed by atoms with Crippen molar-refractivity contribution < 1.29 is 13.9 Å². The number of esters is 1. The molecule has 0 fully saturated rings. The molecule has 0 atom stereocenters. The molecule has 8 heteroatoms. The lowest BCUT2D eigenvalue weighted by molar-refractivity contribution is 0.0506. The molecule has 0 saturated carbocycles. The van der Waals surface area contributed by atoms with Gasteiger partial charge in [-0.2, -0.15) is 5.26 Å². The zero-order valence-electron chi connectivity index (χ0n) is 15.3. The Labute approximate surface area is 167 Å². The van der Waals surface area contributed by atoms with Crippen molar-refractivity contribution in [2.24, 2.45) is 0 Å². The number of nitrogens with one attached hydrogen (secondary N) is 1. The molecule has 0 aliphatic rings. The first kappa shape index (κ1) is 21.1. The second-order valence-electron chi connectivity index (χ2n) is 5.94. The van der Waals surface area contributed by atoms with E-state index in [9.17, 15) is 9.18 Å². The van der Waals surface area contributed by atoms with Crippen LogP contribution in [-0.2, 0) is 4.74 Å². The fourth-order valence-corrected chi connectivity index (χ4v) is 2.57. The minimum absolute atomic E-state index is 0. The van der Waals surface area contributed by atoms with E-state index < -0.39 is 11.8 Å². The number of pyridine rings is 2. The molecule has 3 rings (SSSR count). The SMILES string of the molecule is CCCOC(=O)c1cnc2nc(C)ccc2c1Nc1ccc(F)c(C#N)c1.Cl. The van der Waals surface area contributed by atoms with Crippen molar-refractivity contribution in [2.75, 3.05) is 11.9 Å². The Bertz CT molecular complexity index is 1070. The summed E-state index contributed by atoms with van der Waals surface area (Å²) in [6.07, 6.45) is 2.10. The van der Waals surface area contributed by atoms with E-state index >= 15 is 0 Å². The molecule has 1 N–H and O–H groups in total. The summed E-state index contributed by atoms with van der Waals surface area (Å²) >= 11 is 0. The molecule has 6 nitrogen and oxygen atoms in total. The Morgan fingerprint density at radius 2 is 2.11 bits per heavy atom. The number of fused-ring (bicyclic) bond motifs is 1. The molecule has 0 aliphatic carbocycles. The molecule has 0 spiro atoms. The largest absolute Gasteiger partial charge is 0.462 e. The standard InChI is InChI=1S/C20H17FN4O2.ClH/c1-3-8-27-20(26)16-11-23-19-15(6-4-12(2)24-19)18(16)25-14-5-7-17(21)13(9-14)10-22;/h4-7,9,11H,3,8H2,1-2H3,(H,23,24,25);1H. The molecule has 0 amide bonds. The summed E-state index contributed by atoms with van der Waals surface area (Å²) in [7, 11) is 0. The number of rotatable bonds is 5. The van der Waals surface area contributed by atoms with Crippen LogP contribution in [0.2, 0.25) is 0 Å². The number of carbonyl (C=O) groups is 1. The molecule has 0 bridgehead atoms. The molecular formula is C20H18ClFN4O2. The fourth-order valence-electron chi connectivity index (χ4n) is 2.57. The van der Waals surface area contributed by atoms with Crippen LogP contribution in [0.5, 0.6) is 0 Å². The van der Waals surface area contributed by atoms with Gasteiger partial charge in [0, 0.05) is 23.0 Å². The van der Waals surface area contributed by atoms with Gasteiger partial charge in [0.25, 0.3) is 0 Å². The van der Waals surface area contributed by atoms with Crippen LogP contribution in [0.25, 0.3) is 11.0 Å². The number of carbonyl (C=O) groups excluding carboxylic acids is 1. The third-order valence-electron chi connectivity index (χ3n) is 3.88. The van der Waals surface area contributed by atoms with E-state index in [0.717, 1.165) is 5.69 Å². The van der Waals surface area contributed by atoms with Gasteiger partial charge in [-0.1, -0.05) is 6.92 Å². The average molecular weight is 401 g/mol. The first-order valence-corrected chi connectivity index (χ1v) is 8.43. The van der Waals surface area contributed by atoms with Crippen LogP contribution in [0.4, 0.5) is 15.8 Å². The number of aromatic nitrogens is 2. The second kappa shape index (κ2) is 9.11. The number of nitriles is 1. The Hall–Kier alpha value is -3.24. The fraction of sp³-hybridized carbons (Fsp3) is 0.200. The Balaban J connectivity index is 0.00000280. The maximum absolute atomic E-state index is 13.6. The van der Waals surface area contributed by atoms with Crippen LogP contribution >= 0.6 is 12.4 Å². The monoisotopic (exact) mass is 400 g/mol. The van der Waals surface area contributed by atoms with Gasteiger partial charge in [-0.25, -0.2) is 19.2 Å². The highest BCUT2D eigenvalue weighted by molar-refractivity contribution is 6.05. The summed E-state index contributed by atoms with van der Waals surface area (Å²) < 4.78 is 18.8. The average Bonchev–Trinajstić information content (AvgIpc) is 2.67. The van der Waals surface area contributed by atoms with Gasteiger partial charge in [0.1, 0.15) is 17.4 Å². The smallest absolute Gasteiger partial charge is 0.341 e. The maximum Gasteiger partial charge on any atom is 0.341 e. The van der Waals surface area contributed by atoms with Crippen molar-refractivity contribution in [1.29, 1.82) is 5.26 Å². The topological polar surface area (TPSA) is 87.9 Å². The summed E-state index contributed by atoms with van der Waals surface area (Å²) in [5, 5.41) is 12.8. The lowest BCUT2D eigenvalue weighted by Gasteiger charge is -2.14. The normalized spacial score (nSPS) is 10.1. The Morgan fingerprint density at radius 3 is 2.82 bits per heavy atom. The van der Waals surface area contributed by atoms with Crippen molar-refractivity contribution in [3.05, 3.63) is 59.2 Å². The molecule has 144 valence electrons. The molecule has 3 aromatic rings. The third-order valence-corrected chi connectivity index (χ3v) is 3.88. The summed E-state index contributed by atoms with van der Waals surface area (Å²) in [5.74, 6) is -1.13. The first-order chi connectivity index (χ1) is 13.0. The van der Waals surface area contributed by atoms with E-state index in [0.29, 0.717) is 28.8 Å². The van der Waals surface area contributed by atoms with Crippen molar-refractivity contribution >= 4 is 40.8 Å². The summed E-state index contributed by atoms with van der Waals surface area (Å²) in [6.45, 7) is 4.04. The highest BCUT2D eigenvalue weighted by Gasteiger charge is 2.18. The Kier molecular flexibility index (Phi) is 6.85. The van der Waals surface area contributed by atoms with Gasteiger partial charge in [-0.05, 0) is 43.7 Å². The van der Waals surface area contributed by atoms with Gasteiger partial charge in [0.15, 0.2) is 5.65 Å². The minimum atomic E-state index is -0.609. The van der Waals surface area contributed by atoms with E-state index in [1.165, 1.54) is 24.4 Å². The van der Waals surface area contributed by atoms with Crippen LogP contribution in [0.1, 0.15) is 35.0 Å². The predicted molar refractivity (Wildman–Crippen MR) is 106 cm³/mol. The number of nitrogens with zero attached hydrogens (tertiary/aromatic N) is 3. The van der Waals surface area contributed by atoms with Gasteiger partial charge in [-0.15, -0.1) is 12.4 Å². The molecule has 2 heterocycles. The lowest BCUT2D eigenvalue weighted by atomic mass is 10.1. The third kappa shape index (κ3) is 4.35. The first-order valence-electron chi connectivity index (χ1n) is 8.43. The number of benzene rings is 1. The minimum Gasteiger partial charge on any atom is -0.462 e. The van der Waals surface area contributed by atoms with Crippen molar-refractivity contribution in [3.63, 3.8) is 0 Å². The van der Waals surface area contributed by atoms with Crippen LogP contribution in [0.15, 0.2) is 36.5 Å². The Morgan fingerprint density at radius 1 is 1.32 bits per heavy atom. The van der Waals surface area contributed by atoms with Crippen molar-refractivity contribution in [3.8, 4) is 6.07 Å². The van der Waals surface area contributed by atoms with Crippen molar-refractivity contribution in [2.45, 2.75) is 20.3 Å². The van der Waals surface area contributed by atoms with E-state index in [2.05, 4.69) is 15.3 Å². The number of aryl methyl sites for hydroxylation is 1. The van der Waals surface area contributed by atoms with E-state index in [1.807, 2.05) is 19.9 Å². The van der Waals surface area contributed by atoms with Crippen LogP contribution in [-0.4, -0.2) is 22.5 Å². The highest BCUT2D eigenvalue weighted by Crippen LogP contribution is 2.30. The predicted octanol–water partition coefficient (Wildman–Crippen LogP) is 4.68. The molecule has 0 aliphatic heterocycles. The zero-order chi connectivity index (χ0) is 19.4. The summed E-state index contributed by atoms with van der Waals surface area (Å²) in [5.41, 5.74) is 2.31. The molecule has 0 unspecified atom stereocenters. The van der Waals surface area contributed by atoms with Gasteiger partial charge in [0.2, 0.25) is 0 Å². The molecule has 1 aromatic carbocycles. The van der Waals surface area contributed by atoms with E-state index in [1.54, 1.807) is 12.1 Å². The number of hydrogen-bond acceptors (Lipinski definition) is 6. The maximum atomic E-state index is 13.6. The number of anilines is 2.